The van der Waals surface area contributed by atoms with Crippen molar-refractivity contribution in [2.75, 3.05) is 23.8 Å². The molecule has 0 spiro atoms. The van der Waals surface area contributed by atoms with Gasteiger partial charge in [-0.15, -0.1) is 0 Å². The Hall–Kier alpha value is -2.60. The van der Waals surface area contributed by atoms with E-state index in [1.165, 1.54) is 5.56 Å². The summed E-state index contributed by atoms with van der Waals surface area (Å²) in [4.78, 5) is 15.9. The van der Waals surface area contributed by atoms with Gasteiger partial charge in [-0.25, -0.2) is 4.79 Å². The van der Waals surface area contributed by atoms with Crippen LogP contribution in [0.1, 0.15) is 31.4 Å². The van der Waals surface area contributed by atoms with Gasteiger partial charge < -0.3 is 20.7 Å². The fraction of sp³-hybridized carbons (Fsp3) is 0.368. The van der Waals surface area contributed by atoms with Crippen LogP contribution in [0.4, 0.5) is 16.2 Å². The molecule has 1 saturated heterocycles. The molecule has 3 rings (SSSR count). The summed E-state index contributed by atoms with van der Waals surface area (Å²) in [6.45, 7) is 3.44. The van der Waals surface area contributed by atoms with Crippen LogP contribution in [0.15, 0.2) is 48.8 Å². The normalized spacial score (nSPS) is 17.7. The minimum absolute atomic E-state index is 0.145. The summed E-state index contributed by atoms with van der Waals surface area (Å²) < 4.78 is 5.49. The first-order chi connectivity index (χ1) is 12.2. The maximum atomic E-state index is 11.9. The SMILES string of the molecule is C[C@@H](Nc1ccc(NC(=O)NC[C@H]2CCCO2)cc1)c1ccncc1. The van der Waals surface area contributed by atoms with Gasteiger partial charge in [0.05, 0.1) is 6.10 Å². The molecule has 1 aliphatic heterocycles. The third kappa shape index (κ3) is 5.19. The molecule has 0 radical (unpaired) electrons. The van der Waals surface area contributed by atoms with Crippen LogP contribution >= 0.6 is 0 Å². The fourth-order valence-corrected chi connectivity index (χ4v) is 2.82. The van der Waals surface area contributed by atoms with Crippen molar-refractivity contribution in [1.82, 2.24) is 10.3 Å². The monoisotopic (exact) mass is 340 g/mol. The lowest BCUT2D eigenvalue weighted by Gasteiger charge is -2.16. The summed E-state index contributed by atoms with van der Waals surface area (Å²) >= 11 is 0. The minimum Gasteiger partial charge on any atom is -0.379 e. The largest absolute Gasteiger partial charge is 0.379 e. The van der Waals surface area contributed by atoms with Gasteiger partial charge >= 0.3 is 6.03 Å². The Balaban J connectivity index is 1.47. The topological polar surface area (TPSA) is 75.3 Å². The molecule has 132 valence electrons. The lowest BCUT2D eigenvalue weighted by molar-refractivity contribution is 0.112. The van der Waals surface area contributed by atoms with E-state index < -0.39 is 0 Å². The molecule has 2 heterocycles. The second-order valence-electron chi connectivity index (χ2n) is 6.19. The van der Waals surface area contributed by atoms with Crippen LogP contribution in [-0.2, 0) is 4.74 Å². The zero-order valence-corrected chi connectivity index (χ0v) is 14.4. The number of hydrogen-bond acceptors (Lipinski definition) is 4. The molecule has 1 fully saturated rings. The zero-order valence-electron chi connectivity index (χ0n) is 14.4. The van der Waals surface area contributed by atoms with Crippen molar-refractivity contribution in [2.45, 2.75) is 31.9 Å². The second-order valence-corrected chi connectivity index (χ2v) is 6.19. The highest BCUT2D eigenvalue weighted by molar-refractivity contribution is 5.89. The van der Waals surface area contributed by atoms with E-state index in [1.807, 2.05) is 36.4 Å². The molecule has 1 aromatic heterocycles. The maximum absolute atomic E-state index is 11.9. The van der Waals surface area contributed by atoms with Crippen molar-refractivity contribution in [2.24, 2.45) is 0 Å². The zero-order chi connectivity index (χ0) is 17.5. The van der Waals surface area contributed by atoms with E-state index in [2.05, 4.69) is 27.9 Å². The van der Waals surface area contributed by atoms with Crippen molar-refractivity contribution in [3.8, 4) is 0 Å². The van der Waals surface area contributed by atoms with Gasteiger partial charge in [-0.3, -0.25) is 4.98 Å². The van der Waals surface area contributed by atoms with E-state index in [9.17, 15) is 4.79 Å². The van der Waals surface area contributed by atoms with Gasteiger partial charge in [0.15, 0.2) is 0 Å². The molecule has 3 N–H and O–H groups in total. The van der Waals surface area contributed by atoms with Crippen LogP contribution in [0.5, 0.6) is 0 Å². The maximum Gasteiger partial charge on any atom is 0.319 e. The van der Waals surface area contributed by atoms with Gasteiger partial charge in [0.2, 0.25) is 0 Å². The van der Waals surface area contributed by atoms with Gasteiger partial charge in [0.25, 0.3) is 0 Å². The summed E-state index contributed by atoms with van der Waals surface area (Å²) in [7, 11) is 0. The van der Waals surface area contributed by atoms with Crippen molar-refractivity contribution < 1.29 is 9.53 Å². The fourth-order valence-electron chi connectivity index (χ4n) is 2.82. The van der Waals surface area contributed by atoms with E-state index in [-0.39, 0.29) is 18.2 Å². The van der Waals surface area contributed by atoms with Crippen LogP contribution < -0.4 is 16.0 Å². The van der Waals surface area contributed by atoms with E-state index in [0.29, 0.717) is 6.54 Å². The first-order valence-electron chi connectivity index (χ1n) is 8.64. The molecule has 1 aromatic carbocycles. The Kier molecular flexibility index (Phi) is 5.85. The second kappa shape index (κ2) is 8.48. The molecule has 0 aliphatic carbocycles. The van der Waals surface area contributed by atoms with Gasteiger partial charge in [0, 0.05) is 43.0 Å². The Morgan fingerprint density at radius 2 is 1.92 bits per heavy atom. The van der Waals surface area contributed by atoms with Crippen molar-refractivity contribution in [1.29, 1.82) is 0 Å². The highest BCUT2D eigenvalue weighted by Gasteiger charge is 2.16. The molecule has 25 heavy (non-hydrogen) atoms. The number of nitrogens with zero attached hydrogens (tertiary/aromatic N) is 1. The van der Waals surface area contributed by atoms with Crippen LogP contribution in [0.2, 0.25) is 0 Å². The number of anilines is 2. The lowest BCUT2D eigenvalue weighted by Crippen LogP contribution is -2.35. The standard InChI is InChI=1S/C19H24N4O2/c1-14(15-8-10-20-11-9-15)22-16-4-6-17(7-5-16)23-19(24)21-13-18-3-2-12-25-18/h4-11,14,18,22H,2-3,12-13H2,1H3,(H2,21,23,24)/t14-,18-/m1/s1. The van der Waals surface area contributed by atoms with Gasteiger partial charge in [0.1, 0.15) is 0 Å². The Morgan fingerprint density at radius 3 is 2.60 bits per heavy atom. The number of ether oxygens (including phenoxy) is 1. The smallest absolute Gasteiger partial charge is 0.319 e. The number of benzene rings is 1. The number of rotatable bonds is 6. The number of nitrogens with one attached hydrogen (secondary N) is 3. The number of urea groups is 1. The Morgan fingerprint density at radius 1 is 1.20 bits per heavy atom. The van der Waals surface area contributed by atoms with Gasteiger partial charge in [-0.1, -0.05) is 0 Å². The molecule has 6 heteroatoms. The third-order valence-electron chi connectivity index (χ3n) is 4.25. The minimum atomic E-state index is -0.207. The van der Waals surface area contributed by atoms with E-state index in [1.54, 1.807) is 12.4 Å². The number of carbonyl (C=O) groups is 1. The number of pyridine rings is 1. The first kappa shape index (κ1) is 17.2. The number of amides is 2. The predicted octanol–water partition coefficient (Wildman–Crippen LogP) is 3.56. The van der Waals surface area contributed by atoms with Crippen molar-refractivity contribution >= 4 is 17.4 Å². The number of aromatic nitrogens is 1. The third-order valence-corrected chi connectivity index (χ3v) is 4.25. The summed E-state index contributed by atoms with van der Waals surface area (Å²) in [6, 6.07) is 11.6. The first-order valence-corrected chi connectivity index (χ1v) is 8.64. The Bertz CT molecular complexity index is 670. The molecule has 1 aliphatic rings. The molecule has 2 amide bonds. The van der Waals surface area contributed by atoms with Crippen LogP contribution in [0, 0.1) is 0 Å². The lowest BCUT2D eigenvalue weighted by atomic mass is 10.1. The molecule has 2 aromatic rings. The predicted molar refractivity (Wildman–Crippen MR) is 98.7 cm³/mol. The number of carbonyl (C=O) groups excluding carboxylic acids is 1. The quantitative estimate of drug-likeness (QED) is 0.752. The van der Waals surface area contributed by atoms with E-state index in [4.69, 9.17) is 4.74 Å². The molecule has 0 saturated carbocycles. The summed E-state index contributed by atoms with van der Waals surface area (Å²) in [6.07, 6.45) is 5.80. The number of hydrogen-bond donors (Lipinski definition) is 3. The summed E-state index contributed by atoms with van der Waals surface area (Å²) in [5, 5.41) is 9.11. The molecule has 2 atom stereocenters. The van der Waals surface area contributed by atoms with Crippen molar-refractivity contribution in [3.05, 3.63) is 54.4 Å². The highest BCUT2D eigenvalue weighted by atomic mass is 16.5. The average Bonchev–Trinajstić information content (AvgIpc) is 3.16. The Labute approximate surface area is 148 Å². The molecular weight excluding hydrogens is 316 g/mol. The van der Waals surface area contributed by atoms with Gasteiger partial charge in [-0.2, -0.15) is 0 Å². The van der Waals surface area contributed by atoms with E-state index >= 15 is 0 Å². The molecule has 6 nitrogen and oxygen atoms in total. The van der Waals surface area contributed by atoms with E-state index in [0.717, 1.165) is 30.8 Å². The van der Waals surface area contributed by atoms with Crippen molar-refractivity contribution in [3.63, 3.8) is 0 Å². The molecule has 0 bridgehead atoms. The molecule has 0 unspecified atom stereocenters. The summed E-state index contributed by atoms with van der Waals surface area (Å²) in [5.74, 6) is 0. The van der Waals surface area contributed by atoms with Gasteiger partial charge in [-0.05, 0) is 61.7 Å². The highest BCUT2D eigenvalue weighted by Crippen LogP contribution is 2.20. The summed E-state index contributed by atoms with van der Waals surface area (Å²) in [5.41, 5.74) is 2.92. The molecular formula is C19H24N4O2. The van der Waals surface area contributed by atoms with Crippen LogP contribution in [0.25, 0.3) is 0 Å². The van der Waals surface area contributed by atoms with Crippen LogP contribution in [-0.4, -0.2) is 30.3 Å². The average molecular weight is 340 g/mol. The van der Waals surface area contributed by atoms with Crippen LogP contribution in [0.3, 0.4) is 0 Å².